The fraction of sp³-hybridized carbons (Fsp3) is 1.00. The van der Waals surface area contributed by atoms with E-state index < -0.39 is 9.84 Å². The number of nitrogens with zero attached hydrogens (tertiary/aromatic N) is 1. The van der Waals surface area contributed by atoms with E-state index in [1.807, 2.05) is 0 Å². The third-order valence-corrected chi connectivity index (χ3v) is 5.83. The van der Waals surface area contributed by atoms with E-state index in [9.17, 15) is 8.42 Å². The second kappa shape index (κ2) is 5.67. The molecule has 0 aliphatic carbocycles. The standard InChI is InChI=1S/C12H24N2O2S/c1-14-8-3-2-4-12(14)5-7-13-11-6-9-17(15,16)10-11/h11-13H,2-10H2,1H3. The first-order valence-electron chi connectivity index (χ1n) is 6.71. The minimum atomic E-state index is -2.73. The molecule has 2 aliphatic rings. The first-order valence-corrected chi connectivity index (χ1v) is 8.53. The van der Waals surface area contributed by atoms with Crippen LogP contribution in [-0.4, -0.2) is 57.0 Å². The van der Waals surface area contributed by atoms with Crippen LogP contribution in [0.1, 0.15) is 32.1 Å². The van der Waals surface area contributed by atoms with Crippen molar-refractivity contribution in [2.24, 2.45) is 0 Å². The SMILES string of the molecule is CN1CCCCC1CCNC1CCS(=O)(=O)C1. The normalized spacial score (nSPS) is 33.9. The molecule has 2 saturated heterocycles. The van der Waals surface area contributed by atoms with Gasteiger partial charge in [-0.05, 0) is 45.8 Å². The molecule has 0 aromatic carbocycles. The Morgan fingerprint density at radius 3 is 2.76 bits per heavy atom. The van der Waals surface area contributed by atoms with Gasteiger partial charge in [0, 0.05) is 12.1 Å². The predicted molar refractivity (Wildman–Crippen MR) is 69.9 cm³/mol. The summed E-state index contributed by atoms with van der Waals surface area (Å²) in [5, 5.41) is 3.40. The van der Waals surface area contributed by atoms with Crippen LogP contribution in [0.4, 0.5) is 0 Å². The number of piperidine rings is 1. The Morgan fingerprint density at radius 2 is 2.12 bits per heavy atom. The Labute approximate surface area is 105 Å². The molecule has 2 heterocycles. The van der Waals surface area contributed by atoms with Crippen molar-refractivity contribution in [3.8, 4) is 0 Å². The molecule has 17 heavy (non-hydrogen) atoms. The van der Waals surface area contributed by atoms with Gasteiger partial charge in [0.1, 0.15) is 0 Å². The average molecular weight is 260 g/mol. The molecule has 0 radical (unpaired) electrons. The van der Waals surface area contributed by atoms with E-state index >= 15 is 0 Å². The van der Waals surface area contributed by atoms with Gasteiger partial charge in [-0.25, -0.2) is 8.42 Å². The van der Waals surface area contributed by atoms with Crippen LogP contribution in [0.25, 0.3) is 0 Å². The van der Waals surface area contributed by atoms with Crippen molar-refractivity contribution in [3.63, 3.8) is 0 Å². The molecule has 0 aromatic heterocycles. The van der Waals surface area contributed by atoms with Gasteiger partial charge in [0.2, 0.25) is 0 Å². The smallest absolute Gasteiger partial charge is 0.151 e. The highest BCUT2D eigenvalue weighted by molar-refractivity contribution is 7.91. The summed E-state index contributed by atoms with van der Waals surface area (Å²) in [6, 6.07) is 0.892. The first kappa shape index (κ1) is 13.3. The maximum absolute atomic E-state index is 11.3. The Balaban J connectivity index is 1.66. The Hall–Kier alpha value is -0.130. The predicted octanol–water partition coefficient (Wildman–Crippen LogP) is 0.638. The fourth-order valence-electron chi connectivity index (χ4n) is 2.92. The molecule has 0 amide bonds. The molecular formula is C12H24N2O2S. The zero-order valence-corrected chi connectivity index (χ0v) is 11.5. The summed E-state index contributed by atoms with van der Waals surface area (Å²) < 4.78 is 22.6. The van der Waals surface area contributed by atoms with Crippen LogP contribution < -0.4 is 5.32 Å². The summed E-state index contributed by atoms with van der Waals surface area (Å²) in [7, 11) is -0.536. The number of sulfone groups is 1. The maximum Gasteiger partial charge on any atom is 0.151 e. The molecule has 100 valence electrons. The van der Waals surface area contributed by atoms with Crippen LogP contribution in [0.2, 0.25) is 0 Å². The van der Waals surface area contributed by atoms with E-state index in [1.165, 1.54) is 25.8 Å². The first-order chi connectivity index (χ1) is 8.07. The highest BCUT2D eigenvalue weighted by atomic mass is 32.2. The van der Waals surface area contributed by atoms with E-state index in [2.05, 4.69) is 17.3 Å². The summed E-state index contributed by atoms with van der Waals surface area (Å²) in [6.07, 6.45) is 5.89. The lowest BCUT2D eigenvalue weighted by molar-refractivity contribution is 0.174. The van der Waals surface area contributed by atoms with Crippen molar-refractivity contribution in [1.29, 1.82) is 0 Å². The van der Waals surface area contributed by atoms with Crippen molar-refractivity contribution < 1.29 is 8.42 Å². The van der Waals surface area contributed by atoms with Gasteiger partial charge in [0.25, 0.3) is 0 Å². The monoisotopic (exact) mass is 260 g/mol. The Morgan fingerprint density at radius 1 is 1.29 bits per heavy atom. The van der Waals surface area contributed by atoms with E-state index in [0.717, 1.165) is 19.4 Å². The van der Waals surface area contributed by atoms with Crippen LogP contribution >= 0.6 is 0 Å². The molecule has 1 N–H and O–H groups in total. The van der Waals surface area contributed by atoms with Gasteiger partial charge in [-0.1, -0.05) is 6.42 Å². The van der Waals surface area contributed by atoms with Gasteiger partial charge in [-0.3, -0.25) is 0 Å². The highest BCUT2D eigenvalue weighted by Crippen LogP contribution is 2.17. The van der Waals surface area contributed by atoms with Crippen LogP contribution in [-0.2, 0) is 9.84 Å². The lowest BCUT2D eigenvalue weighted by Crippen LogP contribution is -2.40. The van der Waals surface area contributed by atoms with E-state index in [0.29, 0.717) is 17.5 Å². The summed E-state index contributed by atoms with van der Waals surface area (Å²) in [5.41, 5.74) is 0. The molecule has 5 heteroatoms. The van der Waals surface area contributed by atoms with Gasteiger partial charge in [-0.2, -0.15) is 0 Å². The van der Waals surface area contributed by atoms with Gasteiger partial charge in [-0.15, -0.1) is 0 Å². The van der Waals surface area contributed by atoms with Crippen molar-refractivity contribution in [1.82, 2.24) is 10.2 Å². The molecule has 2 unspecified atom stereocenters. The zero-order valence-electron chi connectivity index (χ0n) is 10.7. The maximum atomic E-state index is 11.3. The van der Waals surface area contributed by atoms with Crippen molar-refractivity contribution in [2.45, 2.75) is 44.2 Å². The number of rotatable bonds is 4. The molecular weight excluding hydrogens is 236 g/mol. The van der Waals surface area contributed by atoms with Crippen molar-refractivity contribution in [2.75, 3.05) is 31.6 Å². The molecule has 2 fully saturated rings. The fourth-order valence-corrected chi connectivity index (χ4v) is 4.63. The number of hydrogen-bond donors (Lipinski definition) is 1. The van der Waals surface area contributed by atoms with Crippen LogP contribution in [0.5, 0.6) is 0 Å². The van der Waals surface area contributed by atoms with Crippen LogP contribution in [0.15, 0.2) is 0 Å². The lowest BCUT2D eigenvalue weighted by Gasteiger charge is -2.32. The molecule has 4 nitrogen and oxygen atoms in total. The van der Waals surface area contributed by atoms with Gasteiger partial charge in [0.05, 0.1) is 11.5 Å². The molecule has 0 saturated carbocycles. The van der Waals surface area contributed by atoms with E-state index in [4.69, 9.17) is 0 Å². The molecule has 0 spiro atoms. The average Bonchev–Trinajstić information content (AvgIpc) is 2.61. The third-order valence-electron chi connectivity index (χ3n) is 4.06. The highest BCUT2D eigenvalue weighted by Gasteiger charge is 2.27. The summed E-state index contributed by atoms with van der Waals surface area (Å²) in [5.74, 6) is 0.710. The zero-order chi connectivity index (χ0) is 12.3. The second-order valence-corrected chi connectivity index (χ2v) is 7.70. The molecule has 2 atom stereocenters. The molecule has 2 rings (SSSR count). The molecule has 0 bridgehead atoms. The Kier molecular flexibility index (Phi) is 4.44. The largest absolute Gasteiger partial charge is 0.313 e. The van der Waals surface area contributed by atoms with E-state index in [-0.39, 0.29) is 6.04 Å². The summed E-state index contributed by atoms with van der Waals surface area (Å²) in [6.45, 7) is 2.16. The molecule has 2 aliphatic heterocycles. The van der Waals surface area contributed by atoms with Crippen LogP contribution in [0.3, 0.4) is 0 Å². The second-order valence-electron chi connectivity index (χ2n) is 5.47. The number of likely N-dealkylation sites (tertiary alicyclic amines) is 1. The van der Waals surface area contributed by atoms with Crippen LogP contribution in [0, 0.1) is 0 Å². The lowest BCUT2D eigenvalue weighted by atomic mass is 10.00. The summed E-state index contributed by atoms with van der Waals surface area (Å²) in [4.78, 5) is 2.44. The van der Waals surface area contributed by atoms with Gasteiger partial charge < -0.3 is 10.2 Å². The van der Waals surface area contributed by atoms with E-state index in [1.54, 1.807) is 0 Å². The van der Waals surface area contributed by atoms with Gasteiger partial charge in [0.15, 0.2) is 9.84 Å². The summed E-state index contributed by atoms with van der Waals surface area (Å²) >= 11 is 0. The molecule has 0 aromatic rings. The number of nitrogens with one attached hydrogen (secondary N) is 1. The van der Waals surface area contributed by atoms with Crippen molar-refractivity contribution >= 4 is 9.84 Å². The Bertz CT molecular complexity index is 342. The van der Waals surface area contributed by atoms with Gasteiger partial charge >= 0.3 is 0 Å². The van der Waals surface area contributed by atoms with Crippen molar-refractivity contribution in [3.05, 3.63) is 0 Å². The quantitative estimate of drug-likeness (QED) is 0.806. The number of hydrogen-bond acceptors (Lipinski definition) is 4. The minimum Gasteiger partial charge on any atom is -0.313 e. The topological polar surface area (TPSA) is 49.4 Å². The third kappa shape index (κ3) is 3.93. The minimum absolute atomic E-state index is 0.203.